The number of nitriles is 1. The number of anilines is 1. The lowest BCUT2D eigenvalue weighted by molar-refractivity contribution is -0.121. The van der Waals surface area contributed by atoms with Gasteiger partial charge in [0.15, 0.2) is 0 Å². The average Bonchev–Trinajstić information content (AvgIpc) is 2.73. The van der Waals surface area contributed by atoms with Gasteiger partial charge in [-0.1, -0.05) is 34.8 Å². The molecule has 0 saturated carbocycles. The molecule has 0 spiro atoms. The molecule has 2 aromatic carbocycles. The molecule has 0 aromatic heterocycles. The van der Waals surface area contributed by atoms with Gasteiger partial charge in [-0.3, -0.25) is 14.5 Å². The highest BCUT2D eigenvalue weighted by Gasteiger charge is 2.28. The summed E-state index contributed by atoms with van der Waals surface area (Å²) in [5.41, 5.74) is 1.30. The SMILES string of the molecule is CC(C(=O)Nc1ccc(C#N)c(Cl)c1)N1CCN(C(=O)c2ccc(Cl)cc2Cl)CC1. The van der Waals surface area contributed by atoms with E-state index in [0.717, 1.165) is 0 Å². The van der Waals surface area contributed by atoms with Crippen molar-refractivity contribution in [2.75, 3.05) is 31.5 Å². The van der Waals surface area contributed by atoms with Crippen LogP contribution in [-0.2, 0) is 4.79 Å². The van der Waals surface area contributed by atoms with Gasteiger partial charge in [0.1, 0.15) is 6.07 Å². The number of carbonyl (C=O) groups is 2. The molecule has 0 bridgehead atoms. The molecule has 1 fully saturated rings. The third-order valence-electron chi connectivity index (χ3n) is 5.05. The molecule has 6 nitrogen and oxygen atoms in total. The highest BCUT2D eigenvalue weighted by molar-refractivity contribution is 6.36. The first-order valence-electron chi connectivity index (χ1n) is 9.29. The Labute approximate surface area is 189 Å². The summed E-state index contributed by atoms with van der Waals surface area (Å²) in [7, 11) is 0. The van der Waals surface area contributed by atoms with Gasteiger partial charge in [-0.25, -0.2) is 0 Å². The van der Waals surface area contributed by atoms with Crippen LogP contribution in [0.25, 0.3) is 0 Å². The number of amides is 2. The molecule has 1 N–H and O–H groups in total. The molecule has 1 heterocycles. The largest absolute Gasteiger partial charge is 0.336 e. The van der Waals surface area contributed by atoms with Crippen molar-refractivity contribution in [1.82, 2.24) is 9.80 Å². The normalized spacial score (nSPS) is 15.4. The van der Waals surface area contributed by atoms with Gasteiger partial charge in [0.25, 0.3) is 5.91 Å². The second kappa shape index (κ2) is 9.67. The Balaban J connectivity index is 1.57. The fraction of sp³-hybridized carbons (Fsp3) is 0.286. The number of carbonyl (C=O) groups excluding carboxylic acids is 2. The second-order valence-electron chi connectivity index (χ2n) is 6.92. The minimum atomic E-state index is -0.393. The van der Waals surface area contributed by atoms with Gasteiger partial charge in [0, 0.05) is 36.9 Å². The Kier molecular flexibility index (Phi) is 7.22. The van der Waals surface area contributed by atoms with Gasteiger partial charge in [-0.15, -0.1) is 0 Å². The number of rotatable bonds is 4. The number of hydrogen-bond acceptors (Lipinski definition) is 4. The van der Waals surface area contributed by atoms with Crippen molar-refractivity contribution in [3.8, 4) is 6.07 Å². The highest BCUT2D eigenvalue weighted by Crippen LogP contribution is 2.23. The van der Waals surface area contributed by atoms with Crippen LogP contribution in [0.1, 0.15) is 22.8 Å². The zero-order chi connectivity index (χ0) is 21.8. The summed E-state index contributed by atoms with van der Waals surface area (Å²) in [5.74, 6) is -0.336. The molecule has 30 heavy (non-hydrogen) atoms. The summed E-state index contributed by atoms with van der Waals surface area (Å²) in [6.45, 7) is 3.89. The first kappa shape index (κ1) is 22.4. The summed E-state index contributed by atoms with van der Waals surface area (Å²) in [6, 6.07) is 11.2. The van der Waals surface area contributed by atoms with E-state index in [2.05, 4.69) is 5.32 Å². The van der Waals surface area contributed by atoms with E-state index in [4.69, 9.17) is 40.1 Å². The van der Waals surface area contributed by atoms with E-state index >= 15 is 0 Å². The Hall–Kier alpha value is -2.30. The average molecular weight is 466 g/mol. The minimum Gasteiger partial charge on any atom is -0.336 e. The number of halogens is 3. The maximum absolute atomic E-state index is 12.7. The van der Waals surface area contributed by atoms with Crippen LogP contribution in [0.5, 0.6) is 0 Å². The molecule has 1 aliphatic heterocycles. The molecule has 1 saturated heterocycles. The first-order valence-corrected chi connectivity index (χ1v) is 10.4. The highest BCUT2D eigenvalue weighted by atomic mass is 35.5. The number of hydrogen-bond donors (Lipinski definition) is 1. The summed E-state index contributed by atoms with van der Waals surface area (Å²) in [5, 5.41) is 12.8. The summed E-state index contributed by atoms with van der Waals surface area (Å²) in [6.07, 6.45) is 0. The molecule has 1 aliphatic rings. The van der Waals surface area contributed by atoms with Crippen molar-refractivity contribution in [2.45, 2.75) is 13.0 Å². The predicted molar refractivity (Wildman–Crippen MR) is 118 cm³/mol. The van der Waals surface area contributed by atoms with E-state index in [9.17, 15) is 9.59 Å². The molecule has 0 aliphatic carbocycles. The van der Waals surface area contributed by atoms with Crippen LogP contribution in [0.4, 0.5) is 5.69 Å². The van der Waals surface area contributed by atoms with Gasteiger partial charge in [-0.2, -0.15) is 5.26 Å². The Morgan fingerprint density at radius 1 is 1.03 bits per heavy atom. The van der Waals surface area contributed by atoms with Crippen LogP contribution in [0.2, 0.25) is 15.1 Å². The van der Waals surface area contributed by atoms with Gasteiger partial charge in [-0.05, 0) is 43.3 Å². The smallest absolute Gasteiger partial charge is 0.255 e. The first-order chi connectivity index (χ1) is 14.3. The molecule has 1 unspecified atom stereocenters. The van der Waals surface area contributed by atoms with Crippen molar-refractivity contribution >= 4 is 52.3 Å². The molecule has 3 rings (SSSR count). The van der Waals surface area contributed by atoms with Gasteiger partial charge in [0.2, 0.25) is 5.91 Å². The monoisotopic (exact) mass is 464 g/mol. The van der Waals surface area contributed by atoms with Crippen LogP contribution < -0.4 is 5.32 Å². The summed E-state index contributed by atoms with van der Waals surface area (Å²) >= 11 is 18.1. The van der Waals surface area contributed by atoms with E-state index in [1.54, 1.807) is 41.3 Å². The molecule has 2 amide bonds. The quantitative estimate of drug-likeness (QED) is 0.730. The fourth-order valence-electron chi connectivity index (χ4n) is 3.24. The van der Waals surface area contributed by atoms with Gasteiger partial charge in [0.05, 0.1) is 27.2 Å². The number of piperazine rings is 1. The van der Waals surface area contributed by atoms with Crippen LogP contribution in [0.15, 0.2) is 36.4 Å². The standard InChI is InChI=1S/C21H19Cl3N4O2/c1-13(20(29)26-16-4-2-14(12-25)18(23)11-16)27-6-8-28(9-7-27)21(30)17-5-3-15(22)10-19(17)24/h2-5,10-11,13H,6-9H2,1H3,(H,26,29). The summed E-state index contributed by atoms with van der Waals surface area (Å²) in [4.78, 5) is 29.1. The number of benzene rings is 2. The third kappa shape index (κ3) is 5.05. The van der Waals surface area contributed by atoms with Crippen LogP contribution in [0, 0.1) is 11.3 Å². The summed E-state index contributed by atoms with van der Waals surface area (Å²) < 4.78 is 0. The van der Waals surface area contributed by atoms with Crippen molar-refractivity contribution in [3.63, 3.8) is 0 Å². The maximum atomic E-state index is 12.7. The maximum Gasteiger partial charge on any atom is 0.255 e. The molecule has 0 radical (unpaired) electrons. The lowest BCUT2D eigenvalue weighted by Crippen LogP contribution is -2.54. The van der Waals surface area contributed by atoms with Crippen molar-refractivity contribution in [1.29, 1.82) is 5.26 Å². The Bertz CT molecular complexity index is 1010. The molecular formula is C21H19Cl3N4O2. The van der Waals surface area contributed by atoms with Crippen molar-refractivity contribution < 1.29 is 9.59 Å². The fourth-order valence-corrected chi connectivity index (χ4v) is 3.95. The third-order valence-corrected chi connectivity index (χ3v) is 5.91. The molecule has 2 aromatic rings. The lowest BCUT2D eigenvalue weighted by atomic mass is 10.1. The van der Waals surface area contributed by atoms with Crippen LogP contribution >= 0.6 is 34.8 Å². The predicted octanol–water partition coefficient (Wildman–Crippen LogP) is 4.30. The van der Waals surface area contributed by atoms with E-state index in [1.165, 1.54) is 0 Å². The number of nitrogens with zero attached hydrogens (tertiary/aromatic N) is 3. The van der Waals surface area contributed by atoms with E-state index in [1.807, 2.05) is 17.9 Å². The second-order valence-corrected chi connectivity index (χ2v) is 8.17. The van der Waals surface area contributed by atoms with E-state index in [-0.39, 0.29) is 16.8 Å². The van der Waals surface area contributed by atoms with E-state index in [0.29, 0.717) is 53.0 Å². The number of nitrogens with one attached hydrogen (secondary N) is 1. The Morgan fingerprint density at radius 3 is 2.33 bits per heavy atom. The molecule has 156 valence electrons. The van der Waals surface area contributed by atoms with Crippen LogP contribution in [0.3, 0.4) is 0 Å². The Morgan fingerprint density at radius 2 is 1.73 bits per heavy atom. The van der Waals surface area contributed by atoms with Crippen LogP contribution in [-0.4, -0.2) is 53.8 Å². The zero-order valence-electron chi connectivity index (χ0n) is 16.2. The molecular weight excluding hydrogens is 447 g/mol. The van der Waals surface area contributed by atoms with Gasteiger partial charge < -0.3 is 10.2 Å². The topological polar surface area (TPSA) is 76.4 Å². The van der Waals surface area contributed by atoms with Crippen molar-refractivity contribution in [2.24, 2.45) is 0 Å². The molecule has 9 heteroatoms. The minimum absolute atomic E-state index is 0.152. The van der Waals surface area contributed by atoms with E-state index < -0.39 is 6.04 Å². The van der Waals surface area contributed by atoms with Gasteiger partial charge >= 0.3 is 0 Å². The molecule has 1 atom stereocenters. The zero-order valence-corrected chi connectivity index (χ0v) is 18.4. The van der Waals surface area contributed by atoms with Crippen molar-refractivity contribution in [3.05, 3.63) is 62.6 Å². The lowest BCUT2D eigenvalue weighted by Gasteiger charge is -2.37.